The summed E-state index contributed by atoms with van der Waals surface area (Å²) in [7, 11) is 1.62. The standard InChI is InChI=1S/C16H16F2N2O2/c1-20(15(21)13-7-2-3-8-14(13)19)10-11-5-4-6-12(9-11)22-16(17)18/h2-9,16H,10,19H2,1H3. The monoisotopic (exact) mass is 306 g/mol. The van der Waals surface area contributed by atoms with E-state index >= 15 is 0 Å². The molecule has 0 atom stereocenters. The van der Waals surface area contributed by atoms with Crippen LogP contribution in [0.1, 0.15) is 15.9 Å². The average molecular weight is 306 g/mol. The fraction of sp³-hybridized carbons (Fsp3) is 0.188. The fourth-order valence-electron chi connectivity index (χ4n) is 2.06. The Balaban J connectivity index is 2.10. The third-order valence-electron chi connectivity index (χ3n) is 3.08. The number of para-hydroxylation sites is 1. The fourth-order valence-corrected chi connectivity index (χ4v) is 2.06. The molecular formula is C16H16F2N2O2. The van der Waals surface area contributed by atoms with E-state index in [4.69, 9.17) is 5.73 Å². The van der Waals surface area contributed by atoms with E-state index in [1.165, 1.54) is 17.0 Å². The van der Waals surface area contributed by atoms with E-state index in [1.54, 1.807) is 43.4 Å². The summed E-state index contributed by atoms with van der Waals surface area (Å²) < 4.78 is 28.8. The number of halogens is 2. The molecule has 2 rings (SSSR count). The smallest absolute Gasteiger partial charge is 0.387 e. The third kappa shape index (κ3) is 3.94. The maximum absolute atomic E-state index is 12.3. The van der Waals surface area contributed by atoms with Crippen molar-refractivity contribution in [1.82, 2.24) is 4.90 Å². The lowest BCUT2D eigenvalue weighted by Gasteiger charge is -2.18. The van der Waals surface area contributed by atoms with Crippen molar-refractivity contribution in [3.63, 3.8) is 0 Å². The second-order valence-electron chi connectivity index (χ2n) is 4.77. The van der Waals surface area contributed by atoms with Crippen LogP contribution in [0, 0.1) is 0 Å². The number of carbonyl (C=O) groups is 1. The molecule has 1 amide bonds. The molecule has 0 radical (unpaired) electrons. The maximum Gasteiger partial charge on any atom is 0.387 e. The number of carbonyl (C=O) groups excluding carboxylic acids is 1. The van der Waals surface area contributed by atoms with Gasteiger partial charge in [0.1, 0.15) is 5.75 Å². The first-order chi connectivity index (χ1) is 10.5. The SMILES string of the molecule is CN(Cc1cccc(OC(F)F)c1)C(=O)c1ccccc1N. The van der Waals surface area contributed by atoms with Crippen LogP contribution >= 0.6 is 0 Å². The van der Waals surface area contributed by atoms with Gasteiger partial charge in [-0.1, -0.05) is 24.3 Å². The molecule has 4 nitrogen and oxygen atoms in total. The summed E-state index contributed by atoms with van der Waals surface area (Å²) >= 11 is 0. The normalized spacial score (nSPS) is 10.5. The Bertz CT molecular complexity index is 662. The number of alkyl halides is 2. The Morgan fingerprint density at radius 3 is 2.64 bits per heavy atom. The molecule has 0 spiro atoms. The lowest BCUT2D eigenvalue weighted by molar-refractivity contribution is -0.0499. The van der Waals surface area contributed by atoms with Gasteiger partial charge in [0.15, 0.2) is 0 Å². The summed E-state index contributed by atoms with van der Waals surface area (Å²) in [5.41, 5.74) is 7.27. The van der Waals surface area contributed by atoms with Crippen LogP contribution in [0.15, 0.2) is 48.5 Å². The summed E-state index contributed by atoms with van der Waals surface area (Å²) in [6, 6.07) is 13.0. The molecule has 0 saturated carbocycles. The molecular weight excluding hydrogens is 290 g/mol. The molecule has 22 heavy (non-hydrogen) atoms. The van der Waals surface area contributed by atoms with Crippen molar-refractivity contribution in [1.29, 1.82) is 0 Å². The van der Waals surface area contributed by atoms with Gasteiger partial charge in [-0.3, -0.25) is 4.79 Å². The molecule has 0 saturated heterocycles. The average Bonchev–Trinajstić information content (AvgIpc) is 2.46. The van der Waals surface area contributed by atoms with Crippen molar-refractivity contribution in [3.8, 4) is 5.75 Å². The van der Waals surface area contributed by atoms with Crippen LogP contribution in [0.3, 0.4) is 0 Å². The first-order valence-corrected chi connectivity index (χ1v) is 6.61. The molecule has 0 fully saturated rings. The van der Waals surface area contributed by atoms with E-state index in [0.717, 1.165) is 0 Å². The number of nitrogens with two attached hydrogens (primary N) is 1. The lowest BCUT2D eigenvalue weighted by atomic mass is 10.1. The van der Waals surface area contributed by atoms with Crippen molar-refractivity contribution in [2.45, 2.75) is 13.2 Å². The van der Waals surface area contributed by atoms with E-state index < -0.39 is 6.61 Å². The van der Waals surface area contributed by atoms with Gasteiger partial charge in [-0.2, -0.15) is 8.78 Å². The summed E-state index contributed by atoms with van der Waals surface area (Å²) in [5.74, 6) is -0.175. The number of hydrogen-bond donors (Lipinski definition) is 1. The zero-order valence-electron chi connectivity index (χ0n) is 12.0. The van der Waals surface area contributed by atoms with Gasteiger partial charge in [0.05, 0.1) is 5.56 Å². The number of ether oxygens (including phenoxy) is 1. The van der Waals surface area contributed by atoms with Crippen LogP contribution in [-0.2, 0) is 6.54 Å². The Hall–Kier alpha value is -2.63. The van der Waals surface area contributed by atoms with Crippen LogP contribution in [0.2, 0.25) is 0 Å². The van der Waals surface area contributed by atoms with Crippen molar-refractivity contribution in [3.05, 3.63) is 59.7 Å². The summed E-state index contributed by atoms with van der Waals surface area (Å²) in [4.78, 5) is 13.8. The molecule has 0 aliphatic heterocycles. The molecule has 0 bridgehead atoms. The van der Waals surface area contributed by atoms with Crippen molar-refractivity contribution < 1.29 is 18.3 Å². The topological polar surface area (TPSA) is 55.6 Å². The van der Waals surface area contributed by atoms with Crippen molar-refractivity contribution >= 4 is 11.6 Å². The molecule has 0 aliphatic rings. The van der Waals surface area contributed by atoms with Crippen LogP contribution in [0.25, 0.3) is 0 Å². The first-order valence-electron chi connectivity index (χ1n) is 6.61. The Kier molecular flexibility index (Phi) is 4.93. The second-order valence-corrected chi connectivity index (χ2v) is 4.77. The minimum atomic E-state index is -2.88. The van der Waals surface area contributed by atoms with Gasteiger partial charge in [0.25, 0.3) is 5.91 Å². The van der Waals surface area contributed by atoms with E-state index in [0.29, 0.717) is 16.8 Å². The predicted octanol–water partition coefficient (Wildman–Crippen LogP) is 3.14. The number of hydrogen-bond acceptors (Lipinski definition) is 3. The predicted molar refractivity (Wildman–Crippen MR) is 79.7 cm³/mol. The molecule has 0 heterocycles. The highest BCUT2D eigenvalue weighted by atomic mass is 19.3. The molecule has 0 aromatic heterocycles. The summed E-state index contributed by atoms with van der Waals surface area (Å²) in [5, 5.41) is 0. The molecule has 2 N–H and O–H groups in total. The largest absolute Gasteiger partial charge is 0.435 e. The number of anilines is 1. The van der Waals surface area contributed by atoms with Crippen LogP contribution in [-0.4, -0.2) is 24.5 Å². The maximum atomic E-state index is 12.3. The molecule has 2 aromatic rings. The van der Waals surface area contributed by atoms with Gasteiger partial charge in [-0.25, -0.2) is 0 Å². The Morgan fingerprint density at radius 1 is 1.23 bits per heavy atom. The number of nitrogen functional groups attached to an aromatic ring is 1. The summed E-state index contributed by atoms with van der Waals surface area (Å²) in [6.07, 6.45) is 0. The van der Waals surface area contributed by atoms with E-state index in [9.17, 15) is 13.6 Å². The number of nitrogens with zero attached hydrogens (tertiary/aromatic N) is 1. The molecule has 6 heteroatoms. The highest BCUT2D eigenvalue weighted by molar-refractivity contribution is 5.98. The molecule has 0 unspecified atom stereocenters. The van der Waals surface area contributed by atoms with Gasteiger partial charge in [-0.05, 0) is 29.8 Å². The van der Waals surface area contributed by atoms with Crippen LogP contribution < -0.4 is 10.5 Å². The van der Waals surface area contributed by atoms with E-state index in [2.05, 4.69) is 4.74 Å². The van der Waals surface area contributed by atoms with Crippen LogP contribution in [0.5, 0.6) is 5.75 Å². The minimum absolute atomic E-state index is 0.0626. The Labute approximate surface area is 127 Å². The third-order valence-corrected chi connectivity index (χ3v) is 3.08. The number of rotatable bonds is 5. The minimum Gasteiger partial charge on any atom is -0.435 e. The van der Waals surface area contributed by atoms with Gasteiger partial charge in [0.2, 0.25) is 0 Å². The van der Waals surface area contributed by atoms with Gasteiger partial charge < -0.3 is 15.4 Å². The highest BCUT2D eigenvalue weighted by Gasteiger charge is 2.15. The van der Waals surface area contributed by atoms with Crippen molar-refractivity contribution in [2.24, 2.45) is 0 Å². The zero-order valence-corrected chi connectivity index (χ0v) is 12.0. The van der Waals surface area contributed by atoms with E-state index in [1.807, 2.05) is 0 Å². The molecule has 2 aromatic carbocycles. The first kappa shape index (κ1) is 15.8. The van der Waals surface area contributed by atoms with E-state index in [-0.39, 0.29) is 18.2 Å². The van der Waals surface area contributed by atoms with Gasteiger partial charge in [-0.15, -0.1) is 0 Å². The van der Waals surface area contributed by atoms with Gasteiger partial charge in [0, 0.05) is 19.3 Å². The van der Waals surface area contributed by atoms with Crippen molar-refractivity contribution in [2.75, 3.05) is 12.8 Å². The van der Waals surface area contributed by atoms with Gasteiger partial charge >= 0.3 is 6.61 Å². The number of amides is 1. The molecule has 0 aliphatic carbocycles. The van der Waals surface area contributed by atoms with Crippen LogP contribution in [0.4, 0.5) is 14.5 Å². The summed E-state index contributed by atoms with van der Waals surface area (Å²) in [6.45, 7) is -2.62. The lowest BCUT2D eigenvalue weighted by Crippen LogP contribution is -2.26. The quantitative estimate of drug-likeness (QED) is 0.863. The molecule has 116 valence electrons. The second kappa shape index (κ2) is 6.89. The number of benzene rings is 2. The highest BCUT2D eigenvalue weighted by Crippen LogP contribution is 2.18. The zero-order chi connectivity index (χ0) is 16.1. The Morgan fingerprint density at radius 2 is 1.95 bits per heavy atom.